The van der Waals surface area contributed by atoms with Crippen LogP contribution >= 0.6 is 0 Å². The highest BCUT2D eigenvalue weighted by Crippen LogP contribution is 2.20. The first-order valence-electron chi connectivity index (χ1n) is 6.12. The molecule has 0 spiro atoms. The van der Waals surface area contributed by atoms with E-state index < -0.39 is 28.7 Å². The molecule has 0 aliphatic heterocycles. The van der Waals surface area contributed by atoms with Crippen LogP contribution in [0.1, 0.15) is 5.82 Å². The van der Waals surface area contributed by atoms with Crippen LogP contribution in [0.4, 0.5) is 13.2 Å². The van der Waals surface area contributed by atoms with Gasteiger partial charge in [-0.05, 0) is 19.1 Å². The average Bonchev–Trinajstić information content (AvgIpc) is 2.41. The van der Waals surface area contributed by atoms with Crippen molar-refractivity contribution in [2.45, 2.75) is 6.92 Å². The highest BCUT2D eigenvalue weighted by molar-refractivity contribution is 5.77. The minimum atomic E-state index is -1.16. The molecule has 2 aromatic carbocycles. The van der Waals surface area contributed by atoms with Crippen molar-refractivity contribution in [3.05, 3.63) is 70.0 Å². The molecule has 6 heteroatoms. The van der Waals surface area contributed by atoms with Gasteiger partial charge in [0.25, 0.3) is 5.56 Å². The summed E-state index contributed by atoms with van der Waals surface area (Å²) >= 11 is 0. The van der Waals surface area contributed by atoms with E-state index >= 15 is 0 Å². The van der Waals surface area contributed by atoms with Gasteiger partial charge < -0.3 is 0 Å². The summed E-state index contributed by atoms with van der Waals surface area (Å²) in [5.41, 5.74) is -0.807. The first kappa shape index (κ1) is 13.4. The lowest BCUT2D eigenvalue weighted by Crippen LogP contribution is -2.24. The number of rotatable bonds is 1. The van der Waals surface area contributed by atoms with Gasteiger partial charge in [-0.15, -0.1) is 0 Å². The molecule has 0 amide bonds. The molecule has 106 valence electrons. The molecule has 0 aliphatic rings. The molecule has 0 atom stereocenters. The van der Waals surface area contributed by atoms with E-state index in [2.05, 4.69) is 4.98 Å². The lowest BCUT2D eigenvalue weighted by atomic mass is 10.2. The van der Waals surface area contributed by atoms with Crippen molar-refractivity contribution < 1.29 is 13.2 Å². The monoisotopic (exact) mass is 290 g/mol. The van der Waals surface area contributed by atoms with Gasteiger partial charge >= 0.3 is 0 Å². The van der Waals surface area contributed by atoms with Crippen molar-refractivity contribution in [3.8, 4) is 5.69 Å². The maximum Gasteiger partial charge on any atom is 0.266 e. The normalized spacial score (nSPS) is 11.0. The van der Waals surface area contributed by atoms with Crippen molar-refractivity contribution in [1.82, 2.24) is 9.55 Å². The molecule has 3 rings (SSSR count). The van der Waals surface area contributed by atoms with Crippen molar-refractivity contribution in [1.29, 1.82) is 0 Å². The van der Waals surface area contributed by atoms with Crippen molar-refractivity contribution in [2.24, 2.45) is 0 Å². The third kappa shape index (κ3) is 2.08. The van der Waals surface area contributed by atoms with E-state index in [1.165, 1.54) is 13.0 Å². The molecule has 0 N–H and O–H groups in total. The Morgan fingerprint density at radius 3 is 2.33 bits per heavy atom. The third-order valence-electron chi connectivity index (χ3n) is 3.15. The Kier molecular flexibility index (Phi) is 3.01. The quantitative estimate of drug-likeness (QED) is 0.690. The first-order valence-corrected chi connectivity index (χ1v) is 6.12. The van der Waals surface area contributed by atoms with E-state index in [0.717, 1.165) is 4.57 Å². The van der Waals surface area contributed by atoms with Gasteiger partial charge in [0.15, 0.2) is 11.6 Å². The highest BCUT2D eigenvalue weighted by Gasteiger charge is 2.18. The second-order valence-corrected chi connectivity index (χ2v) is 4.53. The molecule has 21 heavy (non-hydrogen) atoms. The topological polar surface area (TPSA) is 34.9 Å². The van der Waals surface area contributed by atoms with Crippen molar-refractivity contribution >= 4 is 10.9 Å². The number of benzene rings is 2. The minimum absolute atomic E-state index is 0.114. The molecular weight excluding hydrogens is 281 g/mol. The van der Waals surface area contributed by atoms with E-state index in [1.54, 1.807) is 18.2 Å². The van der Waals surface area contributed by atoms with Crippen LogP contribution in [0.3, 0.4) is 0 Å². The molecule has 0 saturated heterocycles. The summed E-state index contributed by atoms with van der Waals surface area (Å²) < 4.78 is 41.6. The van der Waals surface area contributed by atoms with Crippen LogP contribution in [0.25, 0.3) is 16.6 Å². The Labute approximate surface area is 117 Å². The molecule has 0 radical (unpaired) electrons. The van der Waals surface area contributed by atoms with E-state index in [9.17, 15) is 18.0 Å². The van der Waals surface area contributed by atoms with Gasteiger partial charge in [-0.1, -0.05) is 12.1 Å². The Balaban J connectivity index is 2.44. The van der Waals surface area contributed by atoms with Crippen LogP contribution in [-0.2, 0) is 0 Å². The number of aromatic nitrogens is 2. The summed E-state index contributed by atoms with van der Waals surface area (Å²) in [7, 11) is 0. The zero-order valence-corrected chi connectivity index (χ0v) is 10.9. The summed E-state index contributed by atoms with van der Waals surface area (Å²) in [6, 6.07) is 7.53. The summed E-state index contributed by atoms with van der Waals surface area (Å²) in [5, 5.41) is 0.228. The number of aryl methyl sites for hydroxylation is 1. The zero-order valence-electron chi connectivity index (χ0n) is 10.9. The van der Waals surface area contributed by atoms with Crippen LogP contribution in [0, 0.1) is 24.4 Å². The fourth-order valence-electron chi connectivity index (χ4n) is 2.26. The van der Waals surface area contributed by atoms with Crippen LogP contribution in [0.2, 0.25) is 0 Å². The second-order valence-electron chi connectivity index (χ2n) is 4.53. The van der Waals surface area contributed by atoms with Gasteiger partial charge in [-0.2, -0.15) is 0 Å². The van der Waals surface area contributed by atoms with E-state index in [1.807, 2.05) is 0 Å². The summed E-state index contributed by atoms with van der Waals surface area (Å²) in [5.74, 6) is -3.25. The number of fused-ring (bicyclic) bond motifs is 1. The molecule has 3 nitrogen and oxygen atoms in total. The molecular formula is C15H9F3N2O. The zero-order chi connectivity index (χ0) is 15.1. The van der Waals surface area contributed by atoms with E-state index in [0.29, 0.717) is 17.6 Å². The molecule has 1 aromatic heterocycles. The van der Waals surface area contributed by atoms with Crippen LogP contribution in [0.15, 0.2) is 41.2 Å². The average molecular weight is 290 g/mol. The molecule has 0 unspecified atom stereocenters. The molecule has 0 aliphatic carbocycles. The predicted octanol–water partition coefficient (Wildman–Crippen LogP) is 3.11. The summed E-state index contributed by atoms with van der Waals surface area (Å²) in [4.78, 5) is 16.6. The standard InChI is InChI=1S/C15H9F3N2O/c1-8-19-13-5-3-2-4-10(13)15(21)20(8)14-11(17)6-9(16)7-12(14)18/h2-7H,1H3. The summed E-state index contributed by atoms with van der Waals surface area (Å²) in [6.45, 7) is 1.45. The fraction of sp³-hybridized carbons (Fsp3) is 0.0667. The number of hydrogen-bond donors (Lipinski definition) is 0. The molecule has 3 aromatic rings. The van der Waals surface area contributed by atoms with Crippen molar-refractivity contribution in [3.63, 3.8) is 0 Å². The Bertz CT molecular complexity index is 895. The third-order valence-corrected chi connectivity index (χ3v) is 3.15. The van der Waals surface area contributed by atoms with Crippen molar-refractivity contribution in [2.75, 3.05) is 0 Å². The fourth-order valence-corrected chi connectivity index (χ4v) is 2.26. The highest BCUT2D eigenvalue weighted by atomic mass is 19.1. The largest absolute Gasteiger partial charge is 0.268 e. The Morgan fingerprint density at radius 1 is 1.05 bits per heavy atom. The molecule has 0 saturated carbocycles. The number of halogens is 3. The maximum absolute atomic E-state index is 13.9. The predicted molar refractivity (Wildman–Crippen MR) is 72.0 cm³/mol. The van der Waals surface area contributed by atoms with Gasteiger partial charge in [0, 0.05) is 12.1 Å². The van der Waals surface area contributed by atoms with E-state index in [-0.39, 0.29) is 11.2 Å². The van der Waals surface area contributed by atoms with Crippen LogP contribution < -0.4 is 5.56 Å². The van der Waals surface area contributed by atoms with Gasteiger partial charge in [0.2, 0.25) is 0 Å². The van der Waals surface area contributed by atoms with E-state index in [4.69, 9.17) is 0 Å². The van der Waals surface area contributed by atoms with Crippen LogP contribution in [0.5, 0.6) is 0 Å². The summed E-state index contributed by atoms with van der Waals surface area (Å²) in [6.07, 6.45) is 0. The Morgan fingerprint density at radius 2 is 1.67 bits per heavy atom. The van der Waals surface area contributed by atoms with Gasteiger partial charge in [0.1, 0.15) is 17.3 Å². The maximum atomic E-state index is 13.9. The smallest absolute Gasteiger partial charge is 0.266 e. The van der Waals surface area contributed by atoms with Gasteiger partial charge in [0.05, 0.1) is 10.9 Å². The van der Waals surface area contributed by atoms with Gasteiger partial charge in [-0.25, -0.2) is 18.2 Å². The SMILES string of the molecule is Cc1nc2ccccc2c(=O)n1-c1c(F)cc(F)cc1F. The lowest BCUT2D eigenvalue weighted by Gasteiger charge is -2.12. The minimum Gasteiger partial charge on any atom is -0.268 e. The number of nitrogens with zero attached hydrogens (tertiary/aromatic N) is 2. The Hall–Kier alpha value is -2.63. The van der Waals surface area contributed by atoms with Crippen LogP contribution in [-0.4, -0.2) is 9.55 Å². The second kappa shape index (κ2) is 4.73. The lowest BCUT2D eigenvalue weighted by molar-refractivity contribution is 0.530. The molecule has 0 fully saturated rings. The molecule has 1 heterocycles. The number of para-hydroxylation sites is 1. The molecule has 0 bridgehead atoms. The van der Waals surface area contributed by atoms with Gasteiger partial charge in [-0.3, -0.25) is 9.36 Å². The first-order chi connectivity index (χ1) is 9.99. The number of hydrogen-bond acceptors (Lipinski definition) is 2.